The Bertz CT molecular complexity index is 738. The fourth-order valence-electron chi connectivity index (χ4n) is 2.85. The minimum atomic E-state index is -3.94. The van der Waals surface area contributed by atoms with Crippen LogP contribution in [0, 0.1) is 13.8 Å². The van der Waals surface area contributed by atoms with E-state index in [1.807, 2.05) is 0 Å². The lowest BCUT2D eigenvalue weighted by atomic mass is 10.2. The molecule has 1 fully saturated rings. The average molecular weight is 373 g/mol. The van der Waals surface area contributed by atoms with Gasteiger partial charge in [0.25, 0.3) is 5.91 Å². The predicted molar refractivity (Wildman–Crippen MR) is 87.1 cm³/mol. The van der Waals surface area contributed by atoms with E-state index in [9.17, 15) is 18.0 Å². The van der Waals surface area contributed by atoms with Gasteiger partial charge in [-0.2, -0.15) is 4.31 Å². The summed E-state index contributed by atoms with van der Waals surface area (Å²) in [6.45, 7) is 6.85. The number of aryl methyl sites for hydroxylation is 2. The highest BCUT2D eigenvalue weighted by atomic mass is 32.2. The zero-order chi connectivity index (χ0) is 18.8. The maximum Gasteiger partial charge on any atom is 0.325 e. The molecule has 2 rings (SSSR count). The van der Waals surface area contributed by atoms with Crippen LogP contribution in [-0.2, 0) is 24.3 Å². The zero-order valence-corrected chi connectivity index (χ0v) is 15.6. The third-order valence-electron chi connectivity index (χ3n) is 4.02. The van der Waals surface area contributed by atoms with Gasteiger partial charge in [-0.3, -0.25) is 9.59 Å². The van der Waals surface area contributed by atoms with Crippen LogP contribution in [-0.4, -0.2) is 55.0 Å². The van der Waals surface area contributed by atoms with Crippen molar-refractivity contribution in [3.05, 3.63) is 11.5 Å². The third-order valence-corrected chi connectivity index (χ3v) is 6.18. The molecule has 0 aromatic carbocycles. The van der Waals surface area contributed by atoms with Crippen LogP contribution in [0.1, 0.15) is 38.1 Å². The molecule has 0 spiro atoms. The van der Waals surface area contributed by atoms with Crippen molar-refractivity contribution < 1.29 is 27.3 Å². The SMILES string of the molecule is CCNC(=O)[C@H](C)OC(=O)[C@@H]1CCCN1S(=O)(=O)c1c(C)noc1C. The Morgan fingerprint density at radius 2 is 2.12 bits per heavy atom. The van der Waals surface area contributed by atoms with Crippen LogP contribution >= 0.6 is 0 Å². The summed E-state index contributed by atoms with van der Waals surface area (Å²) in [5.74, 6) is -0.979. The molecule has 2 heterocycles. The smallest absolute Gasteiger partial charge is 0.325 e. The number of carbonyl (C=O) groups is 2. The molecular formula is C15H23N3O6S. The van der Waals surface area contributed by atoms with Crippen molar-refractivity contribution in [1.82, 2.24) is 14.8 Å². The van der Waals surface area contributed by atoms with Crippen molar-refractivity contribution in [3.8, 4) is 0 Å². The van der Waals surface area contributed by atoms with Crippen molar-refractivity contribution in [2.45, 2.75) is 57.6 Å². The largest absolute Gasteiger partial charge is 0.451 e. The van der Waals surface area contributed by atoms with Crippen LogP contribution in [0.25, 0.3) is 0 Å². The molecule has 0 bridgehead atoms. The van der Waals surface area contributed by atoms with Crippen molar-refractivity contribution >= 4 is 21.9 Å². The number of ether oxygens (including phenoxy) is 1. The predicted octanol–water partition coefficient (Wildman–Crippen LogP) is 0.512. The topological polar surface area (TPSA) is 119 Å². The normalized spacial score (nSPS) is 19.6. The lowest BCUT2D eigenvalue weighted by Gasteiger charge is -2.23. The van der Waals surface area contributed by atoms with Gasteiger partial charge in [-0.15, -0.1) is 0 Å². The lowest BCUT2D eigenvalue weighted by Crippen LogP contribution is -2.44. The first-order chi connectivity index (χ1) is 11.7. The van der Waals surface area contributed by atoms with E-state index >= 15 is 0 Å². The number of esters is 1. The molecule has 2 atom stereocenters. The first kappa shape index (κ1) is 19.4. The molecule has 1 aliphatic heterocycles. The molecule has 1 aliphatic rings. The Morgan fingerprint density at radius 1 is 1.44 bits per heavy atom. The number of amides is 1. The summed E-state index contributed by atoms with van der Waals surface area (Å²) >= 11 is 0. The van der Waals surface area contributed by atoms with E-state index in [1.54, 1.807) is 6.92 Å². The van der Waals surface area contributed by atoms with E-state index in [1.165, 1.54) is 20.8 Å². The average Bonchev–Trinajstić information content (AvgIpc) is 3.15. The van der Waals surface area contributed by atoms with Gasteiger partial charge in [-0.25, -0.2) is 8.42 Å². The summed E-state index contributed by atoms with van der Waals surface area (Å²) in [6, 6.07) is -0.962. The Morgan fingerprint density at radius 3 is 2.68 bits per heavy atom. The molecule has 10 heteroatoms. The molecule has 0 radical (unpaired) electrons. The minimum Gasteiger partial charge on any atom is -0.451 e. The number of sulfonamides is 1. The highest BCUT2D eigenvalue weighted by Crippen LogP contribution is 2.30. The Balaban J connectivity index is 2.20. The summed E-state index contributed by atoms with van der Waals surface area (Å²) < 4.78 is 37.0. The van der Waals surface area contributed by atoms with Gasteiger partial charge in [-0.1, -0.05) is 5.16 Å². The lowest BCUT2D eigenvalue weighted by molar-refractivity contribution is -0.157. The second kappa shape index (κ2) is 7.52. The van der Waals surface area contributed by atoms with Gasteiger partial charge in [0.05, 0.1) is 0 Å². The molecular weight excluding hydrogens is 350 g/mol. The molecule has 0 unspecified atom stereocenters. The fourth-order valence-corrected chi connectivity index (χ4v) is 4.79. The molecule has 0 saturated carbocycles. The summed E-state index contributed by atoms with van der Waals surface area (Å²) in [7, 11) is -3.94. The summed E-state index contributed by atoms with van der Waals surface area (Å²) in [5, 5.41) is 6.22. The second-order valence-electron chi connectivity index (χ2n) is 5.90. The highest BCUT2D eigenvalue weighted by Gasteiger charge is 2.43. The van der Waals surface area contributed by atoms with E-state index in [4.69, 9.17) is 9.26 Å². The first-order valence-corrected chi connectivity index (χ1v) is 9.57. The zero-order valence-electron chi connectivity index (χ0n) is 14.7. The quantitative estimate of drug-likeness (QED) is 0.722. The number of hydrogen-bond acceptors (Lipinski definition) is 7. The highest BCUT2D eigenvalue weighted by molar-refractivity contribution is 7.89. The Hall–Kier alpha value is -1.94. The van der Waals surface area contributed by atoms with Crippen LogP contribution in [0.15, 0.2) is 9.42 Å². The minimum absolute atomic E-state index is 0.0241. The van der Waals surface area contributed by atoms with Crippen molar-refractivity contribution in [2.24, 2.45) is 0 Å². The maximum atomic E-state index is 12.9. The molecule has 1 aromatic rings. The standard InChI is InChI=1S/C15H23N3O6S/c1-5-16-14(19)11(4)23-15(20)12-7-6-8-18(12)25(21,22)13-9(2)17-24-10(13)3/h11-12H,5-8H2,1-4H3,(H,16,19)/t11-,12-/m0/s1. The summed E-state index contributed by atoms with van der Waals surface area (Å²) in [6.07, 6.45) is -0.127. The van der Waals surface area contributed by atoms with Gasteiger partial charge >= 0.3 is 5.97 Å². The van der Waals surface area contributed by atoms with Crippen molar-refractivity contribution in [1.29, 1.82) is 0 Å². The van der Waals surface area contributed by atoms with Crippen molar-refractivity contribution in [3.63, 3.8) is 0 Å². The number of carbonyl (C=O) groups excluding carboxylic acids is 2. The molecule has 1 aromatic heterocycles. The first-order valence-electron chi connectivity index (χ1n) is 8.13. The van der Waals surface area contributed by atoms with Crippen LogP contribution in [0.2, 0.25) is 0 Å². The molecule has 1 amide bonds. The molecule has 140 valence electrons. The molecule has 25 heavy (non-hydrogen) atoms. The number of rotatable bonds is 6. The van der Waals surface area contributed by atoms with E-state index in [0.29, 0.717) is 19.4 Å². The van der Waals surface area contributed by atoms with Crippen LogP contribution in [0.3, 0.4) is 0 Å². The number of aromatic nitrogens is 1. The Labute approximate surface area is 146 Å². The molecule has 0 aliphatic carbocycles. The van der Waals surface area contributed by atoms with Crippen LogP contribution in [0.5, 0.6) is 0 Å². The number of nitrogens with one attached hydrogen (secondary N) is 1. The van der Waals surface area contributed by atoms with Gasteiger partial charge in [0.15, 0.2) is 11.9 Å². The summed E-state index contributed by atoms with van der Waals surface area (Å²) in [5.41, 5.74) is 0.243. The van der Waals surface area contributed by atoms with Gasteiger partial charge in [0.2, 0.25) is 10.0 Å². The molecule has 1 saturated heterocycles. The van der Waals surface area contributed by atoms with Gasteiger partial charge in [0.1, 0.15) is 16.6 Å². The third kappa shape index (κ3) is 3.84. The summed E-state index contributed by atoms with van der Waals surface area (Å²) in [4.78, 5) is 24.1. The monoisotopic (exact) mass is 373 g/mol. The molecule has 9 nitrogen and oxygen atoms in total. The van der Waals surface area contributed by atoms with Gasteiger partial charge in [-0.05, 0) is 40.5 Å². The maximum absolute atomic E-state index is 12.9. The van der Waals surface area contributed by atoms with Crippen LogP contribution < -0.4 is 5.32 Å². The van der Waals surface area contributed by atoms with Crippen LogP contribution in [0.4, 0.5) is 0 Å². The number of likely N-dealkylation sites (N-methyl/N-ethyl adjacent to an activating group) is 1. The van der Waals surface area contributed by atoms with E-state index in [0.717, 1.165) is 4.31 Å². The van der Waals surface area contributed by atoms with Gasteiger partial charge < -0.3 is 14.6 Å². The van der Waals surface area contributed by atoms with E-state index in [2.05, 4.69) is 10.5 Å². The fraction of sp³-hybridized carbons (Fsp3) is 0.667. The number of hydrogen-bond donors (Lipinski definition) is 1. The second-order valence-corrected chi connectivity index (χ2v) is 7.73. The Kier molecular flexibility index (Phi) is 5.83. The molecule has 1 N–H and O–H groups in total. The van der Waals surface area contributed by atoms with Crippen molar-refractivity contribution in [2.75, 3.05) is 13.1 Å². The van der Waals surface area contributed by atoms with Gasteiger partial charge in [0, 0.05) is 13.1 Å². The van der Waals surface area contributed by atoms with E-state index < -0.39 is 34.0 Å². The number of nitrogens with zero attached hydrogens (tertiary/aromatic N) is 2. The van der Waals surface area contributed by atoms with E-state index in [-0.39, 0.29) is 22.9 Å².